The highest BCUT2D eigenvalue weighted by Crippen LogP contribution is 2.35. The number of nitrogens with one attached hydrogen (secondary N) is 1. The minimum atomic E-state index is -3.26. The van der Waals surface area contributed by atoms with E-state index in [-0.39, 0.29) is 4.90 Å². The van der Waals surface area contributed by atoms with Gasteiger partial charge in [-0.1, -0.05) is 38.4 Å². The molecule has 3 aromatic heterocycles. The van der Waals surface area contributed by atoms with Gasteiger partial charge in [0.1, 0.15) is 12.5 Å². The second-order valence-electron chi connectivity index (χ2n) is 11.0. The Morgan fingerprint density at radius 3 is 2.50 bits per heavy atom. The maximum absolute atomic E-state index is 11.8. The predicted octanol–water partition coefficient (Wildman–Crippen LogP) is 6.75. The highest BCUT2D eigenvalue weighted by molar-refractivity contribution is 7.90. The Hall–Kier alpha value is -3.86. The van der Waals surface area contributed by atoms with Crippen molar-refractivity contribution in [3.8, 4) is 11.3 Å². The molecule has 0 amide bonds. The molecule has 2 aromatic carbocycles. The number of fused-ring (bicyclic) bond motifs is 2. The molecule has 206 valence electrons. The Morgan fingerprint density at radius 1 is 1.02 bits per heavy atom. The van der Waals surface area contributed by atoms with Crippen molar-refractivity contribution >= 4 is 57.2 Å². The van der Waals surface area contributed by atoms with Crippen molar-refractivity contribution in [2.24, 2.45) is 0 Å². The lowest BCUT2D eigenvalue weighted by Crippen LogP contribution is -2.22. The van der Waals surface area contributed by atoms with Gasteiger partial charge in [0.2, 0.25) is 0 Å². The van der Waals surface area contributed by atoms with E-state index in [0.29, 0.717) is 12.5 Å². The van der Waals surface area contributed by atoms with E-state index in [9.17, 15) is 8.42 Å². The summed E-state index contributed by atoms with van der Waals surface area (Å²) in [6.07, 6.45) is 8.48. The van der Waals surface area contributed by atoms with Crippen molar-refractivity contribution in [3.63, 3.8) is 0 Å². The molecule has 5 aromatic rings. The van der Waals surface area contributed by atoms with E-state index >= 15 is 0 Å². The molecule has 0 aliphatic rings. The third-order valence-electron chi connectivity index (χ3n) is 6.74. The number of hydrogen-bond acceptors (Lipinski definition) is 7. The molecule has 40 heavy (non-hydrogen) atoms. The van der Waals surface area contributed by atoms with Gasteiger partial charge in [-0.25, -0.2) is 18.1 Å². The molecule has 0 spiro atoms. The minimum Gasteiger partial charge on any atom is -0.360 e. The van der Waals surface area contributed by atoms with Crippen LogP contribution in [0.3, 0.4) is 0 Å². The summed E-state index contributed by atoms with van der Waals surface area (Å²) in [6, 6.07) is 15.7. The van der Waals surface area contributed by atoms with Crippen molar-refractivity contribution in [1.29, 1.82) is 0 Å². The minimum absolute atomic E-state index is 0.268. The van der Waals surface area contributed by atoms with Crippen LogP contribution in [0.2, 0.25) is 25.7 Å². The summed E-state index contributed by atoms with van der Waals surface area (Å²) in [5.74, 6) is 0.623. The van der Waals surface area contributed by atoms with Crippen LogP contribution in [0.25, 0.3) is 39.0 Å². The third-order valence-corrected chi connectivity index (χ3v) is 9.57. The van der Waals surface area contributed by atoms with Crippen molar-refractivity contribution < 1.29 is 13.2 Å². The number of anilines is 2. The lowest BCUT2D eigenvalue weighted by Gasteiger charge is -2.15. The van der Waals surface area contributed by atoms with Gasteiger partial charge in [0, 0.05) is 60.7 Å². The predicted molar refractivity (Wildman–Crippen MR) is 165 cm³/mol. The number of hydrogen-bond donors (Lipinski definition) is 1. The van der Waals surface area contributed by atoms with E-state index in [1.54, 1.807) is 36.7 Å². The molecule has 10 heteroatoms. The molecule has 1 N–H and O–H groups in total. The summed E-state index contributed by atoms with van der Waals surface area (Å²) in [6.45, 7) is 12.3. The number of benzene rings is 2. The molecular formula is C30H33N5O3SSi. The number of aromatic nitrogens is 4. The second kappa shape index (κ2) is 11.0. The first-order valence-corrected chi connectivity index (χ1v) is 18.6. The molecule has 8 nitrogen and oxygen atoms in total. The molecule has 0 saturated heterocycles. The van der Waals surface area contributed by atoms with Gasteiger partial charge in [0.25, 0.3) is 0 Å². The standard InChI is InChI=1S/C30H33N5O3SSi/c1-6-24-25(11-12-28-27(24)19-33-35(28)20-38-15-16-40(3,4)5)30-26-17-29(32-18-21(26)13-14-31-30)34-22-7-9-23(10-8-22)39(2,36)37/h6-14,17-19H,1,15-16,20H2,2-5H3,(H,32,34). The average molecular weight is 572 g/mol. The van der Waals surface area contributed by atoms with Crippen LogP contribution in [0.4, 0.5) is 11.5 Å². The fourth-order valence-corrected chi connectivity index (χ4v) is 5.90. The number of sulfone groups is 1. The Bertz CT molecular complexity index is 1810. The van der Waals surface area contributed by atoms with Gasteiger partial charge in [0.15, 0.2) is 9.84 Å². The number of rotatable bonds is 10. The zero-order valence-electron chi connectivity index (χ0n) is 23.2. The summed E-state index contributed by atoms with van der Waals surface area (Å²) in [4.78, 5) is 9.57. The zero-order chi connectivity index (χ0) is 28.5. The van der Waals surface area contributed by atoms with Crippen LogP contribution >= 0.6 is 0 Å². The number of nitrogens with zero attached hydrogens (tertiary/aromatic N) is 4. The molecule has 0 atom stereocenters. The first kappa shape index (κ1) is 27.7. The molecule has 5 rings (SSSR count). The fraction of sp³-hybridized carbons (Fsp3) is 0.233. The Labute approximate surface area is 235 Å². The van der Waals surface area contributed by atoms with Gasteiger partial charge < -0.3 is 10.1 Å². The lowest BCUT2D eigenvalue weighted by atomic mass is 9.97. The summed E-state index contributed by atoms with van der Waals surface area (Å²) < 4.78 is 31.4. The van der Waals surface area contributed by atoms with Crippen molar-refractivity contribution in [2.45, 2.75) is 37.3 Å². The number of pyridine rings is 2. The molecule has 0 aliphatic carbocycles. The van der Waals surface area contributed by atoms with E-state index in [2.05, 4.69) is 53.8 Å². The van der Waals surface area contributed by atoms with Crippen LogP contribution in [-0.4, -0.2) is 49.1 Å². The Morgan fingerprint density at radius 2 is 1.80 bits per heavy atom. The van der Waals surface area contributed by atoms with Crippen LogP contribution in [0.15, 0.2) is 78.6 Å². The first-order valence-electron chi connectivity index (χ1n) is 13.0. The van der Waals surface area contributed by atoms with Crippen molar-refractivity contribution in [1.82, 2.24) is 19.7 Å². The average Bonchev–Trinajstić information content (AvgIpc) is 3.32. The molecule has 0 radical (unpaired) electrons. The molecule has 0 aliphatic heterocycles. The third kappa shape index (κ3) is 5.99. The largest absolute Gasteiger partial charge is 0.360 e. The van der Waals surface area contributed by atoms with Crippen LogP contribution in [0.5, 0.6) is 0 Å². The molecule has 0 saturated carbocycles. The zero-order valence-corrected chi connectivity index (χ0v) is 25.0. The van der Waals surface area contributed by atoms with Gasteiger partial charge in [-0.3, -0.25) is 4.98 Å². The molecule has 0 bridgehead atoms. The SMILES string of the molecule is C=Cc1c(-c2nccc3cnc(Nc4ccc(S(C)(=O)=O)cc4)cc23)ccc2c1cnn2COCC[Si](C)(C)C. The highest BCUT2D eigenvalue weighted by atomic mass is 32.2. The summed E-state index contributed by atoms with van der Waals surface area (Å²) in [5.41, 5.74) is 4.42. The summed E-state index contributed by atoms with van der Waals surface area (Å²) in [5, 5.41) is 10.7. The van der Waals surface area contributed by atoms with E-state index in [0.717, 1.165) is 56.8 Å². The van der Waals surface area contributed by atoms with Gasteiger partial charge in [-0.05, 0) is 54.1 Å². The lowest BCUT2D eigenvalue weighted by molar-refractivity contribution is 0.0817. The van der Waals surface area contributed by atoms with Crippen LogP contribution in [0.1, 0.15) is 5.56 Å². The van der Waals surface area contributed by atoms with Crippen LogP contribution in [0, 0.1) is 0 Å². The van der Waals surface area contributed by atoms with E-state index in [1.165, 1.54) is 6.26 Å². The van der Waals surface area contributed by atoms with Crippen molar-refractivity contribution in [3.05, 3.63) is 79.3 Å². The number of ether oxygens (including phenoxy) is 1. The van der Waals surface area contributed by atoms with Gasteiger partial charge >= 0.3 is 0 Å². The summed E-state index contributed by atoms with van der Waals surface area (Å²) in [7, 11) is -4.42. The normalized spacial score (nSPS) is 12.2. The Kier molecular flexibility index (Phi) is 7.58. The maximum Gasteiger partial charge on any atom is 0.175 e. The summed E-state index contributed by atoms with van der Waals surface area (Å²) >= 11 is 0. The molecule has 0 unspecified atom stereocenters. The molecular weight excluding hydrogens is 539 g/mol. The monoisotopic (exact) mass is 571 g/mol. The quantitative estimate of drug-likeness (QED) is 0.146. The van der Waals surface area contributed by atoms with Gasteiger partial charge in [-0.15, -0.1) is 0 Å². The topological polar surface area (TPSA) is 99.0 Å². The van der Waals surface area contributed by atoms with E-state index in [1.807, 2.05) is 29.1 Å². The van der Waals surface area contributed by atoms with E-state index in [4.69, 9.17) is 9.72 Å². The van der Waals surface area contributed by atoms with Crippen LogP contribution < -0.4 is 5.32 Å². The van der Waals surface area contributed by atoms with E-state index < -0.39 is 17.9 Å². The fourth-order valence-electron chi connectivity index (χ4n) is 4.52. The molecule has 3 heterocycles. The Balaban J connectivity index is 1.47. The van der Waals surface area contributed by atoms with Crippen molar-refractivity contribution in [2.75, 3.05) is 18.2 Å². The highest BCUT2D eigenvalue weighted by Gasteiger charge is 2.16. The van der Waals surface area contributed by atoms with Gasteiger partial charge in [0.05, 0.1) is 22.3 Å². The smallest absolute Gasteiger partial charge is 0.175 e. The maximum atomic E-state index is 11.8. The van der Waals surface area contributed by atoms with Gasteiger partial charge in [-0.2, -0.15) is 5.10 Å². The van der Waals surface area contributed by atoms with Crippen LogP contribution in [-0.2, 0) is 21.3 Å². The first-order chi connectivity index (χ1) is 19.0. The molecule has 0 fully saturated rings. The second-order valence-corrected chi connectivity index (χ2v) is 18.7.